The van der Waals surface area contributed by atoms with E-state index in [1.807, 2.05) is 77.3 Å². The Bertz CT molecular complexity index is 1190. The largest absolute Gasteiger partial charge is 0.416 e. The molecule has 0 saturated carbocycles. The number of benzene rings is 2. The van der Waals surface area contributed by atoms with Crippen molar-refractivity contribution in [2.45, 2.75) is 20.0 Å². The molecule has 2 nitrogen and oxygen atoms in total. The second-order valence-corrected chi connectivity index (χ2v) is 7.61. The standard InChI is InChI=1S/C22H19F3N2S/c1-14-8-9-16-6-4-5-7-19(16)27(14)20-11-17(22(23,24)25)10-18(15(20)2)21-12-28-13-26(21)3/h4-13H,1-3H3/q+2. The molecule has 0 N–H and O–H groups in total. The van der Waals surface area contributed by atoms with Crippen molar-refractivity contribution in [3.05, 3.63) is 76.2 Å². The molecule has 2 heterocycles. The van der Waals surface area contributed by atoms with E-state index in [0.29, 0.717) is 11.3 Å². The van der Waals surface area contributed by atoms with Crippen molar-refractivity contribution in [1.29, 1.82) is 0 Å². The first kappa shape index (κ1) is 18.6. The van der Waals surface area contributed by atoms with Crippen molar-refractivity contribution in [3.63, 3.8) is 0 Å². The fourth-order valence-corrected chi connectivity index (χ4v) is 4.35. The first-order chi connectivity index (χ1) is 13.3. The number of thiazole rings is 1. The second kappa shape index (κ2) is 6.71. The predicted octanol–water partition coefficient (Wildman–Crippen LogP) is 5.31. The highest BCUT2D eigenvalue weighted by molar-refractivity contribution is 7.07. The van der Waals surface area contributed by atoms with Gasteiger partial charge in [-0.15, -0.1) is 0 Å². The number of hydrogen-bond acceptors (Lipinski definition) is 1. The lowest BCUT2D eigenvalue weighted by atomic mass is 9.99. The first-order valence-electron chi connectivity index (χ1n) is 8.82. The maximum absolute atomic E-state index is 13.7. The lowest BCUT2D eigenvalue weighted by Crippen LogP contribution is -2.37. The average molecular weight is 400 g/mol. The van der Waals surface area contributed by atoms with Crippen LogP contribution in [0.15, 0.2) is 59.4 Å². The van der Waals surface area contributed by atoms with E-state index in [2.05, 4.69) is 0 Å². The zero-order valence-corrected chi connectivity index (χ0v) is 16.5. The summed E-state index contributed by atoms with van der Waals surface area (Å²) < 4.78 is 45.0. The highest BCUT2D eigenvalue weighted by Gasteiger charge is 2.35. The van der Waals surface area contributed by atoms with Crippen molar-refractivity contribution in [2.24, 2.45) is 7.05 Å². The van der Waals surface area contributed by atoms with Crippen LogP contribution in [-0.2, 0) is 13.2 Å². The highest BCUT2D eigenvalue weighted by atomic mass is 32.1. The molecule has 142 valence electrons. The number of aromatic nitrogens is 2. The number of nitrogens with zero attached hydrogens (tertiary/aromatic N) is 2. The number of pyridine rings is 1. The maximum Gasteiger partial charge on any atom is 0.416 e. The van der Waals surface area contributed by atoms with Crippen LogP contribution < -0.4 is 9.13 Å². The van der Waals surface area contributed by atoms with Gasteiger partial charge in [-0.2, -0.15) is 22.3 Å². The van der Waals surface area contributed by atoms with E-state index in [1.165, 1.54) is 23.5 Å². The van der Waals surface area contributed by atoms with Crippen LogP contribution in [0.3, 0.4) is 0 Å². The monoisotopic (exact) mass is 400 g/mol. The summed E-state index contributed by atoms with van der Waals surface area (Å²) in [5.41, 5.74) is 5.71. The minimum absolute atomic E-state index is 0.547. The molecule has 0 fully saturated rings. The van der Waals surface area contributed by atoms with Crippen LogP contribution in [0, 0.1) is 13.8 Å². The Labute approximate surface area is 165 Å². The molecule has 0 bridgehead atoms. The minimum Gasteiger partial charge on any atom is -0.191 e. The summed E-state index contributed by atoms with van der Waals surface area (Å²) >= 11 is 1.47. The number of aryl methyl sites for hydroxylation is 2. The summed E-state index contributed by atoms with van der Waals surface area (Å²) in [6, 6.07) is 14.2. The van der Waals surface area contributed by atoms with Crippen LogP contribution in [0.4, 0.5) is 13.2 Å². The lowest BCUT2D eigenvalue weighted by molar-refractivity contribution is -0.655. The van der Waals surface area contributed by atoms with E-state index in [9.17, 15) is 13.2 Å². The molecule has 0 aliphatic rings. The van der Waals surface area contributed by atoms with Gasteiger partial charge in [-0.05, 0) is 25.1 Å². The Kier molecular flexibility index (Phi) is 4.46. The first-order valence-corrected chi connectivity index (χ1v) is 9.76. The zero-order valence-electron chi connectivity index (χ0n) is 15.7. The van der Waals surface area contributed by atoms with Gasteiger partial charge >= 0.3 is 6.18 Å². The number of hydrogen-bond donors (Lipinski definition) is 0. The van der Waals surface area contributed by atoms with Crippen LogP contribution >= 0.6 is 11.3 Å². The number of rotatable bonds is 2. The molecule has 0 aliphatic carbocycles. The van der Waals surface area contributed by atoms with Gasteiger partial charge in [0.1, 0.15) is 7.05 Å². The third kappa shape index (κ3) is 3.07. The molecule has 0 amide bonds. The van der Waals surface area contributed by atoms with Gasteiger partial charge in [0, 0.05) is 36.1 Å². The third-order valence-electron chi connectivity index (χ3n) is 5.04. The summed E-state index contributed by atoms with van der Waals surface area (Å²) in [5, 5.41) is 2.86. The van der Waals surface area contributed by atoms with Crippen molar-refractivity contribution in [3.8, 4) is 16.9 Å². The maximum atomic E-state index is 13.7. The molecule has 6 heteroatoms. The molecule has 0 saturated heterocycles. The number of alkyl halides is 3. The Morgan fingerprint density at radius 1 is 0.964 bits per heavy atom. The van der Waals surface area contributed by atoms with E-state index >= 15 is 0 Å². The molecule has 0 radical (unpaired) electrons. The van der Waals surface area contributed by atoms with Crippen LogP contribution in [-0.4, -0.2) is 0 Å². The highest BCUT2D eigenvalue weighted by Crippen LogP contribution is 2.36. The molecule has 4 rings (SSSR count). The second-order valence-electron chi connectivity index (χ2n) is 6.89. The van der Waals surface area contributed by atoms with E-state index in [4.69, 9.17) is 0 Å². The normalized spacial score (nSPS) is 11.9. The van der Waals surface area contributed by atoms with E-state index in [0.717, 1.165) is 27.9 Å². The van der Waals surface area contributed by atoms with Crippen molar-refractivity contribution in [1.82, 2.24) is 0 Å². The fraction of sp³-hybridized carbons (Fsp3) is 0.182. The van der Waals surface area contributed by atoms with Gasteiger partial charge in [0.05, 0.1) is 16.5 Å². The summed E-state index contributed by atoms with van der Waals surface area (Å²) in [7, 11) is 1.85. The summed E-state index contributed by atoms with van der Waals surface area (Å²) in [6.45, 7) is 3.80. The van der Waals surface area contributed by atoms with E-state index in [-0.39, 0.29) is 0 Å². The Hall–Kier alpha value is -2.73. The molecule has 2 aromatic heterocycles. The molecule has 0 aliphatic heterocycles. The summed E-state index contributed by atoms with van der Waals surface area (Å²) in [5.74, 6) is 0. The van der Waals surface area contributed by atoms with Gasteiger partial charge in [-0.25, -0.2) is 0 Å². The number of para-hydroxylation sites is 1. The molecule has 28 heavy (non-hydrogen) atoms. The van der Waals surface area contributed by atoms with Gasteiger partial charge in [-0.3, -0.25) is 0 Å². The van der Waals surface area contributed by atoms with Gasteiger partial charge in [0.2, 0.25) is 22.4 Å². The predicted molar refractivity (Wildman–Crippen MR) is 104 cm³/mol. The Morgan fingerprint density at radius 2 is 1.71 bits per heavy atom. The third-order valence-corrected chi connectivity index (χ3v) is 5.83. The molecular formula is C22H19F3N2S+2. The van der Waals surface area contributed by atoms with Crippen molar-refractivity contribution >= 4 is 22.2 Å². The molecule has 0 spiro atoms. The lowest BCUT2D eigenvalue weighted by Gasteiger charge is -2.13. The van der Waals surface area contributed by atoms with Gasteiger partial charge in [0.25, 0.3) is 0 Å². The average Bonchev–Trinajstić information content (AvgIpc) is 3.07. The molecule has 2 aromatic carbocycles. The van der Waals surface area contributed by atoms with E-state index in [1.54, 1.807) is 0 Å². The zero-order chi connectivity index (χ0) is 20.1. The van der Waals surface area contributed by atoms with Crippen LogP contribution in [0.5, 0.6) is 0 Å². The molecule has 4 aromatic rings. The number of fused-ring (bicyclic) bond motifs is 1. The Morgan fingerprint density at radius 3 is 2.39 bits per heavy atom. The van der Waals surface area contributed by atoms with Gasteiger partial charge < -0.3 is 0 Å². The van der Waals surface area contributed by atoms with Crippen LogP contribution in [0.2, 0.25) is 0 Å². The topological polar surface area (TPSA) is 7.76 Å². The fourth-order valence-electron chi connectivity index (χ4n) is 3.57. The minimum atomic E-state index is -4.43. The smallest absolute Gasteiger partial charge is 0.191 e. The quantitative estimate of drug-likeness (QED) is 0.403. The SMILES string of the molecule is Cc1c(-c2csc[n+]2C)cc(C(F)(F)F)cc1-[n+]1c(C)ccc2ccccc21. The summed E-state index contributed by atoms with van der Waals surface area (Å²) in [4.78, 5) is 0. The van der Waals surface area contributed by atoms with Crippen LogP contribution in [0.25, 0.3) is 27.8 Å². The molecular weight excluding hydrogens is 381 g/mol. The molecule has 0 atom stereocenters. The summed E-state index contributed by atoms with van der Waals surface area (Å²) in [6.07, 6.45) is -4.43. The number of halogens is 3. The van der Waals surface area contributed by atoms with Crippen LogP contribution in [0.1, 0.15) is 16.8 Å². The molecule has 0 unspecified atom stereocenters. The van der Waals surface area contributed by atoms with E-state index < -0.39 is 11.7 Å². The van der Waals surface area contributed by atoms with Gasteiger partial charge in [-0.1, -0.05) is 23.5 Å². The Balaban J connectivity index is 2.11. The van der Waals surface area contributed by atoms with Crippen molar-refractivity contribution in [2.75, 3.05) is 0 Å². The van der Waals surface area contributed by atoms with Gasteiger partial charge in [0.15, 0.2) is 5.69 Å². The van der Waals surface area contributed by atoms with Crippen molar-refractivity contribution < 1.29 is 22.3 Å².